The van der Waals surface area contributed by atoms with Crippen LogP contribution in [0, 0.1) is 0 Å². The van der Waals surface area contributed by atoms with Gasteiger partial charge in [-0.25, -0.2) is 0 Å². The summed E-state index contributed by atoms with van der Waals surface area (Å²) in [5.74, 6) is 1.18. The molecule has 1 heterocycles. The maximum absolute atomic E-state index is 4.62. The van der Waals surface area contributed by atoms with Crippen molar-refractivity contribution in [2.75, 3.05) is 6.54 Å². The topological polar surface area (TPSA) is 24.4 Å². The molecule has 1 aromatic carbocycles. The van der Waals surface area contributed by atoms with Gasteiger partial charge >= 0.3 is 0 Å². The molecule has 0 saturated heterocycles. The third-order valence-electron chi connectivity index (χ3n) is 3.92. The molecular formula is C14H17BrN2. The van der Waals surface area contributed by atoms with E-state index in [4.69, 9.17) is 0 Å². The highest BCUT2D eigenvalue weighted by atomic mass is 79.9. The molecule has 90 valence electrons. The average molecular weight is 293 g/mol. The van der Waals surface area contributed by atoms with Crippen LogP contribution < -0.4 is 5.32 Å². The normalized spacial score (nSPS) is 26.6. The molecule has 0 saturated carbocycles. The van der Waals surface area contributed by atoms with Crippen LogP contribution in [0.2, 0.25) is 0 Å². The van der Waals surface area contributed by atoms with Gasteiger partial charge in [0.05, 0.1) is 17.9 Å². The quantitative estimate of drug-likeness (QED) is 0.845. The Morgan fingerprint density at radius 1 is 1.47 bits per heavy atom. The van der Waals surface area contributed by atoms with E-state index >= 15 is 0 Å². The Balaban J connectivity index is 1.87. The summed E-state index contributed by atoms with van der Waals surface area (Å²) < 4.78 is 1.26. The number of amidine groups is 1. The van der Waals surface area contributed by atoms with Crippen molar-refractivity contribution < 1.29 is 0 Å². The summed E-state index contributed by atoms with van der Waals surface area (Å²) >= 11 is 3.66. The minimum Gasteiger partial charge on any atom is -0.366 e. The predicted molar refractivity (Wildman–Crippen MR) is 74.6 cm³/mol. The highest BCUT2D eigenvalue weighted by molar-refractivity contribution is 9.10. The number of rotatable bonds is 1. The summed E-state index contributed by atoms with van der Waals surface area (Å²) in [4.78, 5) is 4.62. The summed E-state index contributed by atoms with van der Waals surface area (Å²) in [5.41, 5.74) is 3.18. The smallest absolute Gasteiger partial charge is 0.0966 e. The molecule has 0 aromatic heterocycles. The van der Waals surface area contributed by atoms with Crippen LogP contribution in [0.1, 0.15) is 30.9 Å². The second-order valence-electron chi connectivity index (χ2n) is 5.08. The Labute approximate surface area is 111 Å². The van der Waals surface area contributed by atoms with E-state index < -0.39 is 0 Å². The van der Waals surface area contributed by atoms with E-state index in [1.807, 2.05) is 0 Å². The van der Waals surface area contributed by atoms with E-state index in [9.17, 15) is 0 Å². The molecule has 1 spiro atoms. The molecule has 0 fully saturated rings. The SMILES string of the molecule is CCC1=NCC2(CCc3c(Br)cccc3C2)N1. The van der Waals surface area contributed by atoms with Gasteiger partial charge < -0.3 is 5.32 Å². The van der Waals surface area contributed by atoms with Gasteiger partial charge in [0.15, 0.2) is 0 Å². The molecule has 0 bridgehead atoms. The van der Waals surface area contributed by atoms with Crippen LogP contribution in [0.3, 0.4) is 0 Å². The van der Waals surface area contributed by atoms with Gasteiger partial charge in [-0.15, -0.1) is 0 Å². The van der Waals surface area contributed by atoms with Gasteiger partial charge in [0.1, 0.15) is 0 Å². The lowest BCUT2D eigenvalue weighted by Gasteiger charge is -2.35. The van der Waals surface area contributed by atoms with Crippen LogP contribution in [0.5, 0.6) is 0 Å². The Hall–Kier alpha value is -0.830. The minimum atomic E-state index is 0.207. The lowest BCUT2D eigenvalue weighted by molar-refractivity contribution is 0.360. The van der Waals surface area contributed by atoms with Crippen LogP contribution in [-0.4, -0.2) is 17.9 Å². The molecule has 0 radical (unpaired) electrons. The Morgan fingerprint density at radius 3 is 3.12 bits per heavy atom. The van der Waals surface area contributed by atoms with Crippen molar-refractivity contribution in [1.82, 2.24) is 5.32 Å². The monoisotopic (exact) mass is 292 g/mol. The van der Waals surface area contributed by atoms with E-state index in [-0.39, 0.29) is 5.54 Å². The lowest BCUT2D eigenvalue weighted by atomic mass is 9.78. The van der Waals surface area contributed by atoms with Crippen molar-refractivity contribution in [2.24, 2.45) is 4.99 Å². The number of benzene rings is 1. The Kier molecular flexibility index (Phi) is 2.74. The summed E-state index contributed by atoms with van der Waals surface area (Å²) in [6, 6.07) is 6.54. The van der Waals surface area contributed by atoms with Crippen molar-refractivity contribution in [3.05, 3.63) is 33.8 Å². The van der Waals surface area contributed by atoms with Crippen LogP contribution >= 0.6 is 15.9 Å². The largest absolute Gasteiger partial charge is 0.366 e. The van der Waals surface area contributed by atoms with Gasteiger partial charge in [0, 0.05) is 10.9 Å². The fourth-order valence-electron chi connectivity index (χ4n) is 2.94. The van der Waals surface area contributed by atoms with Gasteiger partial charge in [-0.05, 0) is 36.5 Å². The van der Waals surface area contributed by atoms with Gasteiger partial charge in [0.2, 0.25) is 0 Å². The summed E-state index contributed by atoms with van der Waals surface area (Å²) in [6.07, 6.45) is 4.47. The molecule has 2 nitrogen and oxygen atoms in total. The Morgan fingerprint density at radius 2 is 2.35 bits per heavy atom. The number of hydrogen-bond donors (Lipinski definition) is 1. The molecule has 2 aliphatic rings. The number of halogens is 1. The van der Waals surface area contributed by atoms with Crippen molar-refractivity contribution in [3.63, 3.8) is 0 Å². The first-order chi connectivity index (χ1) is 8.22. The van der Waals surface area contributed by atoms with Crippen LogP contribution in [0.4, 0.5) is 0 Å². The average Bonchev–Trinajstić information content (AvgIpc) is 2.72. The molecule has 0 amide bonds. The minimum absolute atomic E-state index is 0.207. The van der Waals surface area contributed by atoms with E-state index in [2.05, 4.69) is 51.4 Å². The number of nitrogens with zero attached hydrogens (tertiary/aromatic N) is 1. The maximum Gasteiger partial charge on any atom is 0.0966 e. The standard InChI is InChI=1S/C14H17BrN2/c1-2-13-16-9-14(17-13)7-6-11-10(8-14)4-3-5-12(11)15/h3-5H,2,6-9H2,1H3,(H,16,17). The molecule has 1 aliphatic heterocycles. The molecule has 1 aromatic rings. The van der Waals surface area contributed by atoms with Crippen molar-refractivity contribution in [1.29, 1.82) is 0 Å². The second kappa shape index (κ2) is 4.13. The van der Waals surface area contributed by atoms with Gasteiger partial charge in [0.25, 0.3) is 0 Å². The number of fused-ring (bicyclic) bond motifs is 1. The first-order valence-electron chi connectivity index (χ1n) is 6.30. The summed E-state index contributed by atoms with van der Waals surface area (Å²) in [7, 11) is 0. The van der Waals surface area contributed by atoms with Gasteiger partial charge in [-0.3, -0.25) is 4.99 Å². The molecule has 1 N–H and O–H groups in total. The lowest BCUT2D eigenvalue weighted by Crippen LogP contribution is -2.49. The van der Waals surface area contributed by atoms with Gasteiger partial charge in [-0.1, -0.05) is 35.0 Å². The number of aliphatic imine (C=N–C) groups is 1. The fraction of sp³-hybridized carbons (Fsp3) is 0.500. The maximum atomic E-state index is 4.62. The highest BCUT2D eigenvalue weighted by Crippen LogP contribution is 2.34. The van der Waals surface area contributed by atoms with E-state index in [1.165, 1.54) is 27.9 Å². The first-order valence-corrected chi connectivity index (χ1v) is 7.09. The third kappa shape index (κ3) is 1.90. The van der Waals surface area contributed by atoms with Crippen LogP contribution in [-0.2, 0) is 12.8 Å². The van der Waals surface area contributed by atoms with Crippen molar-refractivity contribution >= 4 is 21.8 Å². The summed E-state index contributed by atoms with van der Waals surface area (Å²) in [6.45, 7) is 3.11. The zero-order valence-electron chi connectivity index (χ0n) is 10.1. The molecular weight excluding hydrogens is 276 g/mol. The molecule has 1 aliphatic carbocycles. The molecule has 1 atom stereocenters. The van der Waals surface area contributed by atoms with Crippen LogP contribution in [0.25, 0.3) is 0 Å². The number of nitrogens with one attached hydrogen (secondary N) is 1. The zero-order chi connectivity index (χ0) is 11.9. The summed E-state index contributed by atoms with van der Waals surface area (Å²) in [5, 5.41) is 3.65. The predicted octanol–water partition coefficient (Wildman–Crippen LogP) is 3.09. The van der Waals surface area contributed by atoms with Crippen molar-refractivity contribution in [2.45, 2.75) is 38.1 Å². The second-order valence-corrected chi connectivity index (χ2v) is 5.93. The fourth-order valence-corrected chi connectivity index (χ4v) is 3.55. The molecule has 17 heavy (non-hydrogen) atoms. The Bertz CT molecular complexity index is 481. The first kappa shape index (κ1) is 11.3. The van der Waals surface area contributed by atoms with Crippen molar-refractivity contribution in [3.8, 4) is 0 Å². The zero-order valence-corrected chi connectivity index (χ0v) is 11.7. The number of hydrogen-bond acceptors (Lipinski definition) is 2. The van der Waals surface area contributed by atoms with Crippen LogP contribution in [0.15, 0.2) is 27.7 Å². The van der Waals surface area contributed by atoms with E-state index in [0.29, 0.717) is 0 Å². The van der Waals surface area contributed by atoms with E-state index in [1.54, 1.807) is 0 Å². The molecule has 1 unspecified atom stereocenters. The molecule has 3 heteroatoms. The molecule has 3 rings (SSSR count). The van der Waals surface area contributed by atoms with Gasteiger partial charge in [-0.2, -0.15) is 0 Å². The third-order valence-corrected chi connectivity index (χ3v) is 4.66. The highest BCUT2D eigenvalue weighted by Gasteiger charge is 2.38. The van der Waals surface area contributed by atoms with E-state index in [0.717, 1.165) is 25.8 Å².